The van der Waals surface area contributed by atoms with Crippen molar-refractivity contribution in [1.82, 2.24) is 4.98 Å². The van der Waals surface area contributed by atoms with Gasteiger partial charge in [-0.25, -0.2) is 4.98 Å². The van der Waals surface area contributed by atoms with Crippen LogP contribution < -0.4 is 5.73 Å². The molecule has 1 heterocycles. The highest BCUT2D eigenvalue weighted by Crippen LogP contribution is 2.16. The van der Waals surface area contributed by atoms with Crippen LogP contribution in [-0.4, -0.2) is 4.98 Å². The molecule has 1 atom stereocenters. The summed E-state index contributed by atoms with van der Waals surface area (Å²) in [6, 6.07) is 3.96. The Balaban J connectivity index is 0.00000169. The van der Waals surface area contributed by atoms with Crippen LogP contribution >= 0.6 is 28.3 Å². The van der Waals surface area contributed by atoms with E-state index in [0.717, 1.165) is 23.0 Å². The van der Waals surface area contributed by atoms with E-state index in [0.29, 0.717) is 0 Å². The maximum Gasteiger partial charge on any atom is 0.106 e. The van der Waals surface area contributed by atoms with Crippen LogP contribution in [0.4, 0.5) is 0 Å². The predicted octanol–water partition coefficient (Wildman–Crippen LogP) is 3.23. The molecular weight excluding hydrogens is 263 g/mol. The molecule has 14 heavy (non-hydrogen) atoms. The SMILES string of the molecule is C=CCC[C@@H](N)c1ccc(Br)nc1.Cl. The average Bonchev–Trinajstić information content (AvgIpc) is 2.15. The molecule has 1 aromatic heterocycles. The number of aromatic nitrogens is 1. The van der Waals surface area contributed by atoms with Crippen molar-refractivity contribution in [3.63, 3.8) is 0 Å². The second-order valence-electron chi connectivity index (χ2n) is 2.89. The van der Waals surface area contributed by atoms with Gasteiger partial charge in [0.1, 0.15) is 4.60 Å². The van der Waals surface area contributed by atoms with Gasteiger partial charge in [-0.15, -0.1) is 19.0 Å². The van der Waals surface area contributed by atoms with E-state index >= 15 is 0 Å². The zero-order valence-electron chi connectivity index (χ0n) is 7.82. The molecular formula is C10H14BrClN2. The number of halogens is 2. The summed E-state index contributed by atoms with van der Waals surface area (Å²) in [5, 5.41) is 0. The molecule has 1 rings (SSSR count). The highest BCUT2D eigenvalue weighted by molar-refractivity contribution is 9.10. The fourth-order valence-electron chi connectivity index (χ4n) is 1.07. The second-order valence-corrected chi connectivity index (χ2v) is 3.70. The van der Waals surface area contributed by atoms with Crippen molar-refractivity contribution in [1.29, 1.82) is 0 Å². The number of hydrogen-bond acceptors (Lipinski definition) is 2. The Morgan fingerprint density at radius 3 is 2.79 bits per heavy atom. The fourth-order valence-corrected chi connectivity index (χ4v) is 1.31. The molecule has 2 N–H and O–H groups in total. The zero-order valence-corrected chi connectivity index (χ0v) is 10.2. The molecule has 0 aliphatic carbocycles. The lowest BCUT2D eigenvalue weighted by molar-refractivity contribution is 0.658. The van der Waals surface area contributed by atoms with Crippen LogP contribution in [0.3, 0.4) is 0 Å². The van der Waals surface area contributed by atoms with Crippen molar-refractivity contribution in [3.05, 3.63) is 41.2 Å². The minimum Gasteiger partial charge on any atom is -0.324 e. The van der Waals surface area contributed by atoms with Crippen LogP contribution in [-0.2, 0) is 0 Å². The molecule has 0 aliphatic rings. The van der Waals surface area contributed by atoms with Crippen LogP contribution in [0.2, 0.25) is 0 Å². The molecule has 0 saturated carbocycles. The van der Waals surface area contributed by atoms with Gasteiger partial charge in [0.2, 0.25) is 0 Å². The van der Waals surface area contributed by atoms with E-state index < -0.39 is 0 Å². The van der Waals surface area contributed by atoms with Gasteiger partial charge in [-0.05, 0) is 40.4 Å². The molecule has 0 radical (unpaired) electrons. The quantitative estimate of drug-likeness (QED) is 0.678. The Morgan fingerprint density at radius 2 is 2.29 bits per heavy atom. The maximum atomic E-state index is 5.93. The van der Waals surface area contributed by atoms with Gasteiger partial charge >= 0.3 is 0 Å². The van der Waals surface area contributed by atoms with Gasteiger partial charge in [0, 0.05) is 12.2 Å². The third-order valence-electron chi connectivity index (χ3n) is 1.86. The molecule has 78 valence electrons. The molecule has 0 bridgehead atoms. The van der Waals surface area contributed by atoms with E-state index in [-0.39, 0.29) is 18.4 Å². The van der Waals surface area contributed by atoms with Gasteiger partial charge < -0.3 is 5.73 Å². The van der Waals surface area contributed by atoms with Gasteiger partial charge in [-0.1, -0.05) is 12.1 Å². The average molecular weight is 278 g/mol. The van der Waals surface area contributed by atoms with Crippen molar-refractivity contribution in [2.24, 2.45) is 5.73 Å². The lowest BCUT2D eigenvalue weighted by atomic mass is 10.1. The number of nitrogens with two attached hydrogens (primary N) is 1. The molecule has 1 aromatic rings. The smallest absolute Gasteiger partial charge is 0.106 e. The van der Waals surface area contributed by atoms with Crippen molar-refractivity contribution in [3.8, 4) is 0 Å². The third-order valence-corrected chi connectivity index (χ3v) is 2.33. The Kier molecular flexibility index (Phi) is 6.79. The largest absolute Gasteiger partial charge is 0.324 e. The minimum absolute atomic E-state index is 0. The second kappa shape index (κ2) is 6.98. The highest BCUT2D eigenvalue weighted by Gasteiger charge is 2.04. The van der Waals surface area contributed by atoms with Gasteiger partial charge in [0.05, 0.1) is 0 Å². The number of nitrogens with zero attached hydrogens (tertiary/aromatic N) is 1. The summed E-state index contributed by atoms with van der Waals surface area (Å²) in [6.45, 7) is 3.66. The molecule has 0 unspecified atom stereocenters. The van der Waals surface area contributed by atoms with E-state index in [1.165, 1.54) is 0 Å². The van der Waals surface area contributed by atoms with Crippen LogP contribution in [0, 0.1) is 0 Å². The molecule has 0 aliphatic heterocycles. The third kappa shape index (κ3) is 4.22. The summed E-state index contributed by atoms with van der Waals surface area (Å²) in [5.74, 6) is 0. The normalized spacial score (nSPS) is 11.6. The first-order valence-electron chi connectivity index (χ1n) is 4.22. The molecule has 0 fully saturated rings. The van der Waals surface area contributed by atoms with E-state index in [9.17, 15) is 0 Å². The summed E-state index contributed by atoms with van der Waals surface area (Å²) >= 11 is 3.28. The van der Waals surface area contributed by atoms with Gasteiger partial charge in [-0.2, -0.15) is 0 Å². The Labute approximate surface area is 99.1 Å². The van der Waals surface area contributed by atoms with Crippen molar-refractivity contribution in [2.45, 2.75) is 18.9 Å². The molecule has 0 spiro atoms. The summed E-state index contributed by atoms with van der Waals surface area (Å²) in [6.07, 6.45) is 5.55. The number of hydrogen-bond donors (Lipinski definition) is 1. The molecule has 0 saturated heterocycles. The summed E-state index contributed by atoms with van der Waals surface area (Å²) in [7, 11) is 0. The lowest BCUT2D eigenvalue weighted by Crippen LogP contribution is -2.09. The van der Waals surface area contributed by atoms with Crippen molar-refractivity contribution < 1.29 is 0 Å². The first kappa shape index (κ1) is 13.6. The topological polar surface area (TPSA) is 38.9 Å². The number of allylic oxidation sites excluding steroid dienone is 1. The van der Waals surface area contributed by atoms with E-state index in [2.05, 4.69) is 27.5 Å². The monoisotopic (exact) mass is 276 g/mol. The summed E-state index contributed by atoms with van der Waals surface area (Å²) < 4.78 is 0.840. The van der Waals surface area contributed by atoms with Crippen LogP contribution in [0.25, 0.3) is 0 Å². The molecule has 4 heteroatoms. The fraction of sp³-hybridized carbons (Fsp3) is 0.300. The van der Waals surface area contributed by atoms with Crippen molar-refractivity contribution in [2.75, 3.05) is 0 Å². The molecule has 2 nitrogen and oxygen atoms in total. The Bertz CT molecular complexity index is 274. The van der Waals surface area contributed by atoms with Gasteiger partial charge in [0.25, 0.3) is 0 Å². The molecule has 0 aromatic carbocycles. The summed E-state index contributed by atoms with van der Waals surface area (Å²) in [5.41, 5.74) is 7.00. The lowest BCUT2D eigenvalue weighted by Gasteiger charge is -2.09. The van der Waals surface area contributed by atoms with Gasteiger partial charge in [0.15, 0.2) is 0 Å². The van der Waals surface area contributed by atoms with Gasteiger partial charge in [-0.3, -0.25) is 0 Å². The van der Waals surface area contributed by atoms with Crippen LogP contribution in [0.1, 0.15) is 24.4 Å². The molecule has 0 amide bonds. The van der Waals surface area contributed by atoms with Crippen LogP contribution in [0.5, 0.6) is 0 Å². The maximum absolute atomic E-state index is 5.93. The van der Waals surface area contributed by atoms with Crippen LogP contribution in [0.15, 0.2) is 35.6 Å². The Hall–Kier alpha value is -0.380. The number of pyridine rings is 1. The first-order valence-corrected chi connectivity index (χ1v) is 5.01. The number of rotatable bonds is 4. The Morgan fingerprint density at radius 1 is 1.57 bits per heavy atom. The summed E-state index contributed by atoms with van der Waals surface area (Å²) in [4.78, 5) is 4.12. The standard InChI is InChI=1S/C10H13BrN2.ClH/c1-2-3-4-9(12)8-5-6-10(11)13-7-8;/h2,5-7,9H,1,3-4,12H2;1H/t9-;/m1./s1. The van der Waals surface area contributed by atoms with E-state index in [1.54, 1.807) is 6.20 Å². The van der Waals surface area contributed by atoms with E-state index in [1.807, 2.05) is 18.2 Å². The van der Waals surface area contributed by atoms with E-state index in [4.69, 9.17) is 5.73 Å². The first-order chi connectivity index (χ1) is 6.24. The predicted molar refractivity (Wildman–Crippen MR) is 65.5 cm³/mol. The highest BCUT2D eigenvalue weighted by atomic mass is 79.9. The van der Waals surface area contributed by atoms with Crippen molar-refractivity contribution >= 4 is 28.3 Å². The minimum atomic E-state index is 0. The zero-order chi connectivity index (χ0) is 9.68.